The van der Waals surface area contributed by atoms with Gasteiger partial charge in [0.1, 0.15) is 11.8 Å². The highest BCUT2D eigenvalue weighted by molar-refractivity contribution is 6.01. The topological polar surface area (TPSA) is 84.7 Å². The summed E-state index contributed by atoms with van der Waals surface area (Å²) in [4.78, 5) is 26.1. The maximum absolute atomic E-state index is 12.6. The minimum Gasteiger partial charge on any atom is -0.406 e. The molecule has 0 spiro atoms. The lowest BCUT2D eigenvalue weighted by Crippen LogP contribution is -2.42. The fourth-order valence-corrected chi connectivity index (χ4v) is 2.98. The van der Waals surface area contributed by atoms with Gasteiger partial charge in [-0.15, -0.1) is 13.2 Å². The van der Waals surface area contributed by atoms with E-state index in [0.29, 0.717) is 12.1 Å². The molecule has 2 aromatic rings. The summed E-state index contributed by atoms with van der Waals surface area (Å²) >= 11 is 0. The standard InChI is InChI=1S/C19H18F3N3O3/c20-19(21,22)28-15-3-1-2-14(11-15)25-9-8-16(18(25)27)24-17(26)10-12-4-6-13(23)7-5-12/h1-7,11,16H,8-10,23H2,(H,24,26). The van der Waals surface area contributed by atoms with E-state index in [1.807, 2.05) is 0 Å². The van der Waals surface area contributed by atoms with Crippen molar-refractivity contribution < 1.29 is 27.5 Å². The zero-order valence-corrected chi connectivity index (χ0v) is 14.7. The molecule has 0 aliphatic carbocycles. The second-order valence-corrected chi connectivity index (χ2v) is 6.36. The van der Waals surface area contributed by atoms with Crippen LogP contribution >= 0.6 is 0 Å². The van der Waals surface area contributed by atoms with Crippen LogP contribution in [0.5, 0.6) is 5.75 Å². The van der Waals surface area contributed by atoms with E-state index < -0.39 is 18.2 Å². The van der Waals surface area contributed by atoms with Crippen molar-refractivity contribution in [2.45, 2.75) is 25.2 Å². The van der Waals surface area contributed by atoms with E-state index in [-0.39, 0.29) is 30.5 Å². The highest BCUT2D eigenvalue weighted by Gasteiger charge is 2.35. The first-order valence-corrected chi connectivity index (χ1v) is 8.52. The molecule has 3 rings (SSSR count). The molecular formula is C19H18F3N3O3. The predicted octanol–water partition coefficient (Wildman–Crippen LogP) is 2.63. The number of benzene rings is 2. The quantitative estimate of drug-likeness (QED) is 0.765. The lowest BCUT2D eigenvalue weighted by Gasteiger charge is -2.18. The summed E-state index contributed by atoms with van der Waals surface area (Å²) in [6.07, 6.45) is -4.36. The van der Waals surface area contributed by atoms with Gasteiger partial charge in [-0.1, -0.05) is 18.2 Å². The number of carbonyl (C=O) groups excluding carboxylic acids is 2. The number of rotatable bonds is 5. The lowest BCUT2D eigenvalue weighted by atomic mass is 10.1. The summed E-state index contributed by atoms with van der Waals surface area (Å²) in [7, 11) is 0. The molecule has 1 atom stereocenters. The van der Waals surface area contributed by atoms with Crippen LogP contribution in [0.2, 0.25) is 0 Å². The van der Waals surface area contributed by atoms with Crippen molar-refractivity contribution in [3.63, 3.8) is 0 Å². The molecule has 1 heterocycles. The molecule has 3 N–H and O–H groups in total. The van der Waals surface area contributed by atoms with Crippen LogP contribution in [0.25, 0.3) is 0 Å². The van der Waals surface area contributed by atoms with E-state index in [2.05, 4.69) is 10.1 Å². The summed E-state index contributed by atoms with van der Waals surface area (Å²) in [5.41, 5.74) is 7.22. The number of nitrogen functional groups attached to an aromatic ring is 1. The Hall–Kier alpha value is -3.23. The number of halogens is 3. The first-order chi connectivity index (χ1) is 13.2. The minimum atomic E-state index is -4.81. The van der Waals surface area contributed by atoms with Crippen molar-refractivity contribution in [2.75, 3.05) is 17.2 Å². The number of nitrogens with two attached hydrogens (primary N) is 1. The van der Waals surface area contributed by atoms with E-state index in [9.17, 15) is 22.8 Å². The van der Waals surface area contributed by atoms with Gasteiger partial charge in [0.2, 0.25) is 11.8 Å². The second-order valence-electron chi connectivity index (χ2n) is 6.36. The number of alkyl halides is 3. The Labute approximate surface area is 159 Å². The highest BCUT2D eigenvalue weighted by Crippen LogP contribution is 2.29. The molecule has 1 saturated heterocycles. The largest absolute Gasteiger partial charge is 0.573 e. The Morgan fingerprint density at radius 1 is 1.21 bits per heavy atom. The van der Waals surface area contributed by atoms with E-state index in [1.165, 1.54) is 17.0 Å². The zero-order valence-electron chi connectivity index (χ0n) is 14.7. The first-order valence-electron chi connectivity index (χ1n) is 8.52. The van der Waals surface area contributed by atoms with Gasteiger partial charge in [0.15, 0.2) is 0 Å². The third kappa shape index (κ3) is 4.93. The van der Waals surface area contributed by atoms with Crippen molar-refractivity contribution >= 4 is 23.2 Å². The van der Waals surface area contributed by atoms with Crippen molar-refractivity contribution in [3.8, 4) is 5.75 Å². The van der Waals surface area contributed by atoms with E-state index in [4.69, 9.17) is 5.73 Å². The van der Waals surface area contributed by atoms with Gasteiger partial charge in [-0.25, -0.2) is 0 Å². The Morgan fingerprint density at radius 2 is 1.93 bits per heavy atom. The normalized spacial score (nSPS) is 16.9. The molecule has 1 fully saturated rings. The van der Waals surface area contributed by atoms with Crippen molar-refractivity contribution in [1.29, 1.82) is 0 Å². The number of ether oxygens (including phenoxy) is 1. The highest BCUT2D eigenvalue weighted by atomic mass is 19.4. The summed E-state index contributed by atoms with van der Waals surface area (Å²) in [6, 6.07) is 11.3. The fourth-order valence-electron chi connectivity index (χ4n) is 2.98. The van der Waals surface area contributed by atoms with Crippen LogP contribution < -0.4 is 20.7 Å². The Balaban J connectivity index is 1.62. The zero-order chi connectivity index (χ0) is 20.3. The van der Waals surface area contributed by atoms with Gasteiger partial charge >= 0.3 is 6.36 Å². The van der Waals surface area contributed by atoms with Crippen LogP contribution in [0.4, 0.5) is 24.5 Å². The second kappa shape index (κ2) is 7.79. The van der Waals surface area contributed by atoms with Gasteiger partial charge in [-0.2, -0.15) is 0 Å². The third-order valence-electron chi connectivity index (χ3n) is 4.25. The molecule has 148 valence electrons. The average molecular weight is 393 g/mol. The number of hydrogen-bond donors (Lipinski definition) is 2. The Bertz CT molecular complexity index is 869. The molecule has 0 radical (unpaired) electrons. The molecule has 1 aliphatic rings. The van der Waals surface area contributed by atoms with Crippen LogP contribution in [-0.2, 0) is 16.0 Å². The summed E-state index contributed by atoms with van der Waals surface area (Å²) in [6.45, 7) is 0.279. The molecule has 1 unspecified atom stereocenters. The molecule has 2 aromatic carbocycles. The van der Waals surface area contributed by atoms with E-state index >= 15 is 0 Å². The van der Waals surface area contributed by atoms with Crippen LogP contribution in [0.3, 0.4) is 0 Å². The summed E-state index contributed by atoms with van der Waals surface area (Å²) in [5, 5.41) is 2.67. The van der Waals surface area contributed by atoms with Gasteiger partial charge in [-0.3, -0.25) is 9.59 Å². The number of carbonyl (C=O) groups is 2. The number of nitrogens with one attached hydrogen (secondary N) is 1. The molecule has 2 amide bonds. The molecular weight excluding hydrogens is 375 g/mol. The van der Waals surface area contributed by atoms with Crippen molar-refractivity contribution in [3.05, 3.63) is 54.1 Å². The minimum absolute atomic E-state index is 0.0962. The van der Waals surface area contributed by atoms with Gasteiger partial charge in [0.25, 0.3) is 0 Å². The molecule has 0 bridgehead atoms. The number of amides is 2. The monoisotopic (exact) mass is 393 g/mol. The average Bonchev–Trinajstić information content (AvgIpc) is 2.96. The van der Waals surface area contributed by atoms with Crippen molar-refractivity contribution in [1.82, 2.24) is 5.32 Å². The maximum atomic E-state index is 12.6. The number of nitrogens with zero attached hydrogens (tertiary/aromatic N) is 1. The molecule has 9 heteroatoms. The number of hydrogen-bond acceptors (Lipinski definition) is 4. The molecule has 0 saturated carbocycles. The van der Waals surface area contributed by atoms with Crippen LogP contribution in [-0.4, -0.2) is 30.8 Å². The first kappa shape index (κ1) is 19.5. The van der Waals surface area contributed by atoms with Crippen LogP contribution in [0.15, 0.2) is 48.5 Å². The molecule has 1 aliphatic heterocycles. The summed E-state index contributed by atoms with van der Waals surface area (Å²) in [5.74, 6) is -1.11. The lowest BCUT2D eigenvalue weighted by molar-refractivity contribution is -0.274. The fraction of sp³-hybridized carbons (Fsp3) is 0.263. The van der Waals surface area contributed by atoms with Crippen molar-refractivity contribution in [2.24, 2.45) is 0 Å². The van der Waals surface area contributed by atoms with Gasteiger partial charge in [-0.05, 0) is 36.2 Å². The summed E-state index contributed by atoms with van der Waals surface area (Å²) < 4.78 is 41.0. The molecule has 28 heavy (non-hydrogen) atoms. The smallest absolute Gasteiger partial charge is 0.406 e. The predicted molar refractivity (Wildman–Crippen MR) is 96.6 cm³/mol. The molecule has 0 aromatic heterocycles. The van der Waals surface area contributed by atoms with Crippen LogP contribution in [0, 0.1) is 0 Å². The third-order valence-corrected chi connectivity index (χ3v) is 4.25. The maximum Gasteiger partial charge on any atom is 0.573 e. The van der Waals surface area contributed by atoms with Gasteiger partial charge in [0, 0.05) is 24.0 Å². The SMILES string of the molecule is Nc1ccc(CC(=O)NC2CCN(c3cccc(OC(F)(F)F)c3)C2=O)cc1. The van der Waals surface area contributed by atoms with E-state index in [0.717, 1.165) is 17.7 Å². The van der Waals surface area contributed by atoms with E-state index in [1.54, 1.807) is 24.3 Å². The van der Waals surface area contributed by atoms with Crippen LogP contribution in [0.1, 0.15) is 12.0 Å². The Kier molecular flexibility index (Phi) is 5.43. The van der Waals surface area contributed by atoms with Gasteiger partial charge < -0.3 is 20.7 Å². The Morgan fingerprint density at radius 3 is 2.61 bits per heavy atom. The van der Waals surface area contributed by atoms with Gasteiger partial charge in [0.05, 0.1) is 6.42 Å². The number of anilines is 2. The molecule has 6 nitrogen and oxygen atoms in total.